The Morgan fingerprint density at radius 2 is 1.42 bits per heavy atom. The van der Waals surface area contributed by atoms with Crippen molar-refractivity contribution in [1.29, 1.82) is 5.41 Å². The molecular weight excluding hydrogens is 572 g/mol. The van der Waals surface area contributed by atoms with Crippen molar-refractivity contribution >= 4 is 35.3 Å². The molecule has 0 aromatic heterocycles. The number of ether oxygens (including phenoxy) is 2. The largest absolute Gasteiger partial charge is 0.466 e. The van der Waals surface area contributed by atoms with Gasteiger partial charge in [0.25, 0.3) is 11.8 Å². The van der Waals surface area contributed by atoms with Crippen LogP contribution < -0.4 is 16.4 Å². The molecule has 0 aliphatic carbocycles. The van der Waals surface area contributed by atoms with E-state index in [2.05, 4.69) is 10.6 Å². The minimum absolute atomic E-state index is 0.0157. The minimum Gasteiger partial charge on any atom is -0.466 e. The molecule has 0 radical (unpaired) electrons. The van der Waals surface area contributed by atoms with Crippen molar-refractivity contribution in [3.05, 3.63) is 125 Å². The molecular formula is C35H34N4O6. The summed E-state index contributed by atoms with van der Waals surface area (Å²) in [5.41, 5.74) is 8.83. The third-order valence-electron chi connectivity index (χ3n) is 6.78. The first-order valence-electron chi connectivity index (χ1n) is 14.4. The quantitative estimate of drug-likeness (QED) is 0.0693. The van der Waals surface area contributed by atoms with Crippen molar-refractivity contribution < 1.29 is 28.7 Å². The van der Waals surface area contributed by atoms with Gasteiger partial charge >= 0.3 is 11.9 Å². The lowest BCUT2D eigenvalue weighted by Crippen LogP contribution is -2.25. The van der Waals surface area contributed by atoms with E-state index in [0.717, 1.165) is 5.56 Å². The van der Waals surface area contributed by atoms with Gasteiger partial charge in [0.15, 0.2) is 0 Å². The summed E-state index contributed by atoms with van der Waals surface area (Å²) in [6, 6.07) is 27.2. The number of nitrogen functional groups attached to an aromatic ring is 1. The van der Waals surface area contributed by atoms with Crippen LogP contribution in [0.5, 0.6) is 0 Å². The molecule has 0 heterocycles. The standard InChI is InChI=1S/C35H34N4O6/c1-2-44-31(40)13-8-20-38-33(41)25-16-19-28(30(21-25)35(43)45-22-23-9-4-3-5-10-23)27-11-6-7-12-29(27)34(42)39-26-17-14-24(15-18-26)32(36)37/h3-7,9-12,14-19,21H,2,8,13,20,22H2,1H3,(H3,36,37)(H,38,41)(H,39,42). The van der Waals surface area contributed by atoms with E-state index in [1.165, 1.54) is 6.07 Å². The van der Waals surface area contributed by atoms with Gasteiger partial charge in [-0.25, -0.2) is 4.79 Å². The van der Waals surface area contributed by atoms with Crippen LogP contribution in [0.4, 0.5) is 5.69 Å². The van der Waals surface area contributed by atoms with E-state index in [1.54, 1.807) is 67.6 Å². The zero-order valence-electron chi connectivity index (χ0n) is 24.8. The van der Waals surface area contributed by atoms with E-state index in [9.17, 15) is 19.2 Å². The number of rotatable bonds is 13. The van der Waals surface area contributed by atoms with E-state index in [1.807, 2.05) is 30.3 Å². The highest BCUT2D eigenvalue weighted by molar-refractivity contribution is 6.11. The SMILES string of the molecule is CCOC(=O)CCCNC(=O)c1ccc(-c2ccccc2C(=O)Nc2ccc(C(=N)N)cc2)c(C(=O)OCc2ccccc2)c1. The van der Waals surface area contributed by atoms with Crippen molar-refractivity contribution in [3.63, 3.8) is 0 Å². The summed E-state index contributed by atoms with van der Waals surface area (Å²) >= 11 is 0. The molecule has 230 valence electrons. The zero-order chi connectivity index (χ0) is 32.2. The first kappa shape index (κ1) is 32.2. The Morgan fingerprint density at radius 3 is 2.13 bits per heavy atom. The molecule has 0 aliphatic heterocycles. The van der Waals surface area contributed by atoms with Gasteiger partial charge in [0.2, 0.25) is 0 Å². The van der Waals surface area contributed by atoms with Crippen LogP contribution in [0, 0.1) is 5.41 Å². The molecule has 0 fully saturated rings. The predicted molar refractivity (Wildman–Crippen MR) is 171 cm³/mol. The van der Waals surface area contributed by atoms with Crippen LogP contribution in [0.2, 0.25) is 0 Å². The number of carbonyl (C=O) groups excluding carboxylic acids is 4. The highest BCUT2D eigenvalue weighted by Crippen LogP contribution is 2.30. The van der Waals surface area contributed by atoms with E-state index < -0.39 is 17.8 Å². The van der Waals surface area contributed by atoms with Gasteiger partial charge in [-0.3, -0.25) is 19.8 Å². The van der Waals surface area contributed by atoms with Crippen LogP contribution in [0.25, 0.3) is 11.1 Å². The smallest absolute Gasteiger partial charge is 0.339 e. The summed E-state index contributed by atoms with van der Waals surface area (Å²) in [4.78, 5) is 51.5. The third kappa shape index (κ3) is 8.87. The second-order valence-electron chi connectivity index (χ2n) is 9.98. The molecule has 2 amide bonds. The number of esters is 2. The first-order chi connectivity index (χ1) is 21.8. The fraction of sp³-hybridized carbons (Fsp3) is 0.171. The molecule has 5 N–H and O–H groups in total. The van der Waals surface area contributed by atoms with Crippen molar-refractivity contribution in [2.45, 2.75) is 26.4 Å². The summed E-state index contributed by atoms with van der Waals surface area (Å²) in [6.07, 6.45) is 0.568. The Morgan fingerprint density at radius 1 is 0.756 bits per heavy atom. The van der Waals surface area contributed by atoms with Gasteiger partial charge in [-0.2, -0.15) is 0 Å². The number of nitrogens with one attached hydrogen (secondary N) is 3. The van der Waals surface area contributed by atoms with E-state index in [-0.39, 0.29) is 42.5 Å². The molecule has 45 heavy (non-hydrogen) atoms. The lowest BCUT2D eigenvalue weighted by Gasteiger charge is -2.15. The zero-order valence-corrected chi connectivity index (χ0v) is 24.8. The monoisotopic (exact) mass is 606 g/mol. The Bertz CT molecular complexity index is 1690. The van der Waals surface area contributed by atoms with Crippen molar-refractivity contribution in [2.24, 2.45) is 5.73 Å². The van der Waals surface area contributed by atoms with Gasteiger partial charge < -0.3 is 25.8 Å². The van der Waals surface area contributed by atoms with E-state index in [0.29, 0.717) is 41.0 Å². The Hall–Kier alpha value is -5.77. The number of anilines is 1. The fourth-order valence-corrected chi connectivity index (χ4v) is 4.51. The maximum absolute atomic E-state index is 13.5. The molecule has 0 atom stereocenters. The average Bonchev–Trinajstić information content (AvgIpc) is 3.06. The number of amidine groups is 1. The maximum Gasteiger partial charge on any atom is 0.339 e. The third-order valence-corrected chi connectivity index (χ3v) is 6.78. The summed E-state index contributed by atoms with van der Waals surface area (Å²) < 4.78 is 10.6. The summed E-state index contributed by atoms with van der Waals surface area (Å²) in [5.74, 6) is -1.94. The topological polar surface area (TPSA) is 161 Å². The van der Waals surface area contributed by atoms with Crippen molar-refractivity contribution in [2.75, 3.05) is 18.5 Å². The number of benzene rings is 4. The van der Waals surface area contributed by atoms with Crippen LogP contribution in [-0.4, -0.2) is 42.7 Å². The van der Waals surface area contributed by atoms with Gasteiger partial charge in [-0.1, -0.05) is 54.6 Å². The lowest BCUT2D eigenvalue weighted by atomic mass is 9.93. The van der Waals surface area contributed by atoms with Crippen LogP contribution >= 0.6 is 0 Å². The molecule has 10 nitrogen and oxygen atoms in total. The summed E-state index contributed by atoms with van der Waals surface area (Å²) in [7, 11) is 0. The molecule has 0 aliphatic rings. The molecule has 0 saturated heterocycles. The highest BCUT2D eigenvalue weighted by atomic mass is 16.5. The molecule has 4 rings (SSSR count). The first-order valence-corrected chi connectivity index (χ1v) is 14.4. The molecule has 0 saturated carbocycles. The second kappa shape index (κ2) is 15.6. The normalized spacial score (nSPS) is 10.4. The van der Waals surface area contributed by atoms with Crippen molar-refractivity contribution in [3.8, 4) is 11.1 Å². The Balaban J connectivity index is 1.61. The highest BCUT2D eigenvalue weighted by Gasteiger charge is 2.22. The molecule has 10 heteroatoms. The number of carbonyl (C=O) groups is 4. The number of nitrogens with two attached hydrogens (primary N) is 1. The molecule has 0 unspecified atom stereocenters. The average molecular weight is 607 g/mol. The number of hydrogen-bond donors (Lipinski definition) is 4. The van der Waals surface area contributed by atoms with Crippen LogP contribution in [0.15, 0.2) is 97.1 Å². The molecule has 0 bridgehead atoms. The lowest BCUT2D eigenvalue weighted by molar-refractivity contribution is -0.143. The number of amides is 2. The molecule has 4 aromatic rings. The molecule has 4 aromatic carbocycles. The predicted octanol–water partition coefficient (Wildman–Crippen LogP) is 5.32. The van der Waals surface area contributed by atoms with Gasteiger partial charge in [-0.05, 0) is 72.5 Å². The Kier molecular flexibility index (Phi) is 11.2. The van der Waals surface area contributed by atoms with Crippen LogP contribution in [0.1, 0.15) is 62.0 Å². The number of hydrogen-bond acceptors (Lipinski definition) is 7. The fourth-order valence-electron chi connectivity index (χ4n) is 4.51. The van der Waals surface area contributed by atoms with Gasteiger partial charge in [0, 0.05) is 35.3 Å². The van der Waals surface area contributed by atoms with Crippen LogP contribution in [-0.2, 0) is 20.9 Å². The van der Waals surface area contributed by atoms with Crippen molar-refractivity contribution in [1.82, 2.24) is 5.32 Å². The van der Waals surface area contributed by atoms with E-state index in [4.69, 9.17) is 20.6 Å². The summed E-state index contributed by atoms with van der Waals surface area (Å²) in [6.45, 7) is 2.27. The van der Waals surface area contributed by atoms with Gasteiger partial charge in [-0.15, -0.1) is 0 Å². The maximum atomic E-state index is 13.5. The minimum atomic E-state index is -0.666. The van der Waals surface area contributed by atoms with E-state index >= 15 is 0 Å². The van der Waals surface area contributed by atoms with Gasteiger partial charge in [0.1, 0.15) is 12.4 Å². The summed E-state index contributed by atoms with van der Waals surface area (Å²) in [5, 5.41) is 13.2. The molecule has 0 spiro atoms. The van der Waals surface area contributed by atoms with Gasteiger partial charge in [0.05, 0.1) is 12.2 Å². The second-order valence-corrected chi connectivity index (χ2v) is 9.98. The van der Waals surface area contributed by atoms with Crippen LogP contribution in [0.3, 0.4) is 0 Å². The Labute approximate surface area is 261 Å².